The van der Waals surface area contributed by atoms with E-state index >= 15 is 0 Å². The van der Waals surface area contributed by atoms with Gasteiger partial charge in [-0.3, -0.25) is 4.79 Å². The van der Waals surface area contributed by atoms with E-state index in [-0.39, 0.29) is 11.3 Å². The second kappa shape index (κ2) is 7.49. The Morgan fingerprint density at radius 3 is 2.58 bits per heavy atom. The van der Waals surface area contributed by atoms with Crippen molar-refractivity contribution in [2.45, 2.75) is 33.3 Å². The van der Waals surface area contributed by atoms with E-state index in [4.69, 9.17) is 4.74 Å². The highest BCUT2D eigenvalue weighted by Gasteiger charge is 2.22. The predicted octanol–water partition coefficient (Wildman–Crippen LogP) is 2.41. The monoisotopic (exact) mass is 331 g/mol. The van der Waals surface area contributed by atoms with Gasteiger partial charge >= 0.3 is 0 Å². The van der Waals surface area contributed by atoms with Crippen LogP contribution in [0.1, 0.15) is 37.7 Å². The van der Waals surface area contributed by atoms with Crippen molar-refractivity contribution in [1.29, 1.82) is 0 Å². The fourth-order valence-corrected chi connectivity index (χ4v) is 2.61. The second-order valence-electron chi connectivity index (χ2n) is 6.74. The van der Waals surface area contributed by atoms with Crippen molar-refractivity contribution in [2.75, 3.05) is 13.7 Å². The molecule has 6 heteroatoms. The average Bonchev–Trinajstić information content (AvgIpc) is 3.01. The largest absolute Gasteiger partial charge is 0.497 e. The number of methoxy groups -OCH3 is 1. The van der Waals surface area contributed by atoms with Crippen molar-refractivity contribution in [3.8, 4) is 11.4 Å². The Morgan fingerprint density at radius 1 is 1.33 bits per heavy atom. The molecule has 0 bridgehead atoms. The van der Waals surface area contributed by atoms with Gasteiger partial charge in [0.1, 0.15) is 5.75 Å². The van der Waals surface area contributed by atoms with Crippen LogP contribution < -0.4 is 10.1 Å². The molecular weight excluding hydrogens is 306 g/mol. The van der Waals surface area contributed by atoms with Crippen LogP contribution in [0.25, 0.3) is 5.69 Å². The Labute approximate surface area is 142 Å². The summed E-state index contributed by atoms with van der Waals surface area (Å²) < 4.78 is 6.78. The number of aliphatic hydroxyl groups excluding tert-OH is 1. The van der Waals surface area contributed by atoms with Crippen LogP contribution in [0.15, 0.2) is 36.5 Å². The van der Waals surface area contributed by atoms with Gasteiger partial charge in [-0.15, -0.1) is 0 Å². The lowest BCUT2D eigenvalue weighted by atomic mass is 9.87. The van der Waals surface area contributed by atoms with E-state index in [0.29, 0.717) is 18.7 Å². The van der Waals surface area contributed by atoms with Crippen molar-refractivity contribution < 1.29 is 14.6 Å². The average molecular weight is 331 g/mol. The van der Waals surface area contributed by atoms with Crippen LogP contribution in [0.4, 0.5) is 0 Å². The minimum Gasteiger partial charge on any atom is -0.497 e. The molecule has 1 aromatic heterocycles. The summed E-state index contributed by atoms with van der Waals surface area (Å²) in [7, 11) is 1.62. The lowest BCUT2D eigenvalue weighted by Gasteiger charge is -2.26. The molecule has 0 aliphatic carbocycles. The van der Waals surface area contributed by atoms with Crippen molar-refractivity contribution >= 4 is 5.91 Å². The van der Waals surface area contributed by atoms with Crippen LogP contribution >= 0.6 is 0 Å². The number of amides is 1. The molecule has 1 heterocycles. The maximum atomic E-state index is 12.3. The molecule has 2 aromatic rings. The third-order valence-electron chi connectivity index (χ3n) is 3.73. The van der Waals surface area contributed by atoms with Crippen LogP contribution in [0.5, 0.6) is 5.75 Å². The molecule has 0 aliphatic heterocycles. The molecule has 0 spiro atoms. The fourth-order valence-electron chi connectivity index (χ4n) is 2.61. The number of carbonyl (C=O) groups is 1. The first-order valence-corrected chi connectivity index (χ1v) is 7.97. The number of nitrogens with zero attached hydrogens (tertiary/aromatic N) is 2. The van der Waals surface area contributed by atoms with E-state index in [1.54, 1.807) is 31.0 Å². The summed E-state index contributed by atoms with van der Waals surface area (Å²) in [4.78, 5) is 12.3. The number of hydrogen-bond acceptors (Lipinski definition) is 4. The minimum atomic E-state index is -0.397. The smallest absolute Gasteiger partial charge is 0.271 e. The summed E-state index contributed by atoms with van der Waals surface area (Å²) in [5, 5.41) is 16.7. The van der Waals surface area contributed by atoms with Crippen molar-refractivity contribution in [2.24, 2.45) is 5.41 Å². The lowest BCUT2D eigenvalue weighted by Crippen LogP contribution is -2.35. The Balaban J connectivity index is 2.00. The number of nitrogens with one attached hydrogen (secondary N) is 1. The van der Waals surface area contributed by atoms with Gasteiger partial charge < -0.3 is 15.2 Å². The van der Waals surface area contributed by atoms with E-state index in [0.717, 1.165) is 11.4 Å². The zero-order valence-electron chi connectivity index (χ0n) is 14.6. The second-order valence-corrected chi connectivity index (χ2v) is 6.74. The molecule has 0 saturated carbocycles. The number of aliphatic hydroxyl groups is 1. The molecule has 0 radical (unpaired) electrons. The topological polar surface area (TPSA) is 76.4 Å². The summed E-state index contributed by atoms with van der Waals surface area (Å²) in [5.74, 6) is 0.546. The van der Waals surface area contributed by atoms with Crippen LogP contribution in [-0.2, 0) is 0 Å². The quantitative estimate of drug-likeness (QED) is 0.817. The van der Waals surface area contributed by atoms with Gasteiger partial charge in [-0.05, 0) is 49.1 Å². The molecule has 24 heavy (non-hydrogen) atoms. The van der Waals surface area contributed by atoms with Crippen LogP contribution in [0.2, 0.25) is 0 Å². The number of hydrogen-bond donors (Lipinski definition) is 2. The number of aromatic nitrogens is 2. The summed E-state index contributed by atoms with van der Waals surface area (Å²) in [6.07, 6.45) is 1.97. The molecule has 1 aromatic carbocycles. The molecule has 1 atom stereocenters. The molecule has 0 fully saturated rings. The van der Waals surface area contributed by atoms with Gasteiger partial charge in [-0.25, -0.2) is 4.68 Å². The zero-order valence-corrected chi connectivity index (χ0v) is 14.6. The summed E-state index contributed by atoms with van der Waals surface area (Å²) in [6, 6.07) is 9.12. The lowest BCUT2D eigenvalue weighted by molar-refractivity contribution is 0.0897. The Hall–Kier alpha value is -2.34. The van der Waals surface area contributed by atoms with Crippen molar-refractivity contribution in [3.63, 3.8) is 0 Å². The zero-order chi connectivity index (χ0) is 17.7. The highest BCUT2D eigenvalue weighted by molar-refractivity contribution is 5.92. The number of carbonyl (C=O) groups excluding carboxylic acids is 1. The predicted molar refractivity (Wildman–Crippen MR) is 92.5 cm³/mol. The highest BCUT2D eigenvalue weighted by atomic mass is 16.5. The van der Waals surface area contributed by atoms with E-state index in [1.165, 1.54) is 0 Å². The van der Waals surface area contributed by atoms with E-state index in [2.05, 4.69) is 10.4 Å². The Bertz CT molecular complexity index is 675. The maximum absolute atomic E-state index is 12.3. The van der Waals surface area contributed by atoms with E-state index < -0.39 is 6.10 Å². The minimum absolute atomic E-state index is 0.178. The summed E-state index contributed by atoms with van der Waals surface area (Å²) in [6.45, 7) is 6.25. The molecule has 1 unspecified atom stereocenters. The SMILES string of the molecule is COc1ccc(-n2ccc(C(=O)NCC(C)(C)CC(C)O)n2)cc1. The molecule has 2 N–H and O–H groups in total. The normalized spacial score (nSPS) is 12.7. The molecule has 130 valence electrons. The van der Waals surface area contributed by atoms with Gasteiger partial charge in [0, 0.05) is 12.7 Å². The first-order chi connectivity index (χ1) is 11.3. The van der Waals surface area contributed by atoms with Crippen LogP contribution in [0, 0.1) is 5.41 Å². The first kappa shape index (κ1) is 18.0. The van der Waals surface area contributed by atoms with Gasteiger partial charge in [0.25, 0.3) is 5.91 Å². The van der Waals surface area contributed by atoms with Crippen molar-refractivity contribution in [1.82, 2.24) is 15.1 Å². The molecule has 0 aliphatic rings. The molecule has 1 amide bonds. The van der Waals surface area contributed by atoms with E-state index in [1.807, 2.05) is 38.1 Å². The van der Waals surface area contributed by atoms with Gasteiger partial charge in [0.05, 0.1) is 18.9 Å². The standard InChI is InChI=1S/C18H25N3O3/c1-13(22)11-18(2,3)12-19-17(23)16-9-10-21(20-16)14-5-7-15(24-4)8-6-14/h5-10,13,22H,11-12H2,1-4H3,(H,19,23). The third-order valence-corrected chi connectivity index (χ3v) is 3.73. The summed E-state index contributed by atoms with van der Waals surface area (Å²) in [5.41, 5.74) is 1.03. The third kappa shape index (κ3) is 4.83. The van der Waals surface area contributed by atoms with E-state index in [9.17, 15) is 9.90 Å². The van der Waals surface area contributed by atoms with Gasteiger partial charge in [0.15, 0.2) is 5.69 Å². The van der Waals surface area contributed by atoms with Gasteiger partial charge in [-0.2, -0.15) is 5.10 Å². The Morgan fingerprint density at radius 2 is 2.00 bits per heavy atom. The fraction of sp³-hybridized carbons (Fsp3) is 0.444. The molecule has 0 saturated heterocycles. The number of benzene rings is 1. The number of rotatable bonds is 7. The Kier molecular flexibility index (Phi) is 5.62. The van der Waals surface area contributed by atoms with Gasteiger partial charge in [0.2, 0.25) is 0 Å². The maximum Gasteiger partial charge on any atom is 0.271 e. The number of ether oxygens (including phenoxy) is 1. The molecule has 2 rings (SSSR count). The van der Waals surface area contributed by atoms with Gasteiger partial charge in [-0.1, -0.05) is 13.8 Å². The first-order valence-electron chi connectivity index (χ1n) is 7.97. The van der Waals surface area contributed by atoms with Crippen molar-refractivity contribution in [3.05, 3.63) is 42.2 Å². The van der Waals surface area contributed by atoms with Crippen LogP contribution in [0.3, 0.4) is 0 Å². The molecular formula is C18H25N3O3. The van der Waals surface area contributed by atoms with Crippen LogP contribution in [-0.4, -0.2) is 40.6 Å². The highest BCUT2D eigenvalue weighted by Crippen LogP contribution is 2.21. The molecule has 6 nitrogen and oxygen atoms in total. The summed E-state index contributed by atoms with van der Waals surface area (Å²) >= 11 is 0.